The zero-order valence-electron chi connectivity index (χ0n) is 6.48. The fourth-order valence-electron chi connectivity index (χ4n) is 0.734. The summed E-state index contributed by atoms with van der Waals surface area (Å²) in [6.45, 7) is 0.0969. The molecule has 1 nitrogen and oxygen atoms in total. The molecule has 0 heterocycles. The van der Waals surface area contributed by atoms with E-state index in [0.29, 0.717) is 10.2 Å². The van der Waals surface area contributed by atoms with Gasteiger partial charge in [0.15, 0.2) is 0 Å². The Hall–Kier alpha value is -0.720. The summed E-state index contributed by atoms with van der Waals surface area (Å²) in [7, 11) is 0. The Morgan fingerprint density at radius 1 is 1.62 bits per heavy atom. The van der Waals surface area contributed by atoms with E-state index in [0.717, 1.165) is 0 Å². The highest BCUT2D eigenvalue weighted by atomic mass is 79.9. The molecule has 0 fully saturated rings. The first-order valence-corrected chi connectivity index (χ1v) is 4.53. The van der Waals surface area contributed by atoms with Gasteiger partial charge in [-0.15, -0.1) is 6.42 Å². The zero-order valence-corrected chi connectivity index (χ0v) is 8.82. The maximum Gasteiger partial charge on any atom is 0.148 e. The van der Waals surface area contributed by atoms with Crippen molar-refractivity contribution >= 4 is 27.5 Å². The zero-order chi connectivity index (χ0) is 9.84. The normalized spacial score (nSPS) is 9.38. The van der Waals surface area contributed by atoms with E-state index in [1.807, 2.05) is 0 Å². The fraction of sp³-hybridized carbons (Fsp3) is 0.111. The molecule has 0 N–H and O–H groups in total. The third-order valence-electron chi connectivity index (χ3n) is 1.29. The molecule has 1 aromatic carbocycles. The third kappa shape index (κ3) is 2.61. The summed E-state index contributed by atoms with van der Waals surface area (Å²) in [5, 5.41) is 0.0416. The van der Waals surface area contributed by atoms with E-state index < -0.39 is 5.82 Å². The quantitative estimate of drug-likeness (QED) is 0.588. The second-order valence-electron chi connectivity index (χ2n) is 2.19. The standard InChI is InChI=1S/C9H5BrClFO/c1-2-3-13-9-5-8(12)7(11)4-6(9)10/h1,4-5H,3H2. The number of ether oxygens (including phenoxy) is 1. The summed E-state index contributed by atoms with van der Waals surface area (Å²) in [5.74, 6) is 2.10. The van der Waals surface area contributed by atoms with Crippen LogP contribution in [0.5, 0.6) is 5.75 Å². The van der Waals surface area contributed by atoms with Gasteiger partial charge in [0, 0.05) is 6.07 Å². The van der Waals surface area contributed by atoms with Crippen LogP contribution in [0.15, 0.2) is 16.6 Å². The highest BCUT2D eigenvalue weighted by Crippen LogP contribution is 2.30. The second-order valence-corrected chi connectivity index (χ2v) is 3.45. The maximum absolute atomic E-state index is 12.9. The molecule has 0 aliphatic rings. The summed E-state index contributed by atoms with van der Waals surface area (Å²) in [6, 6.07) is 2.60. The average Bonchev–Trinajstić information content (AvgIpc) is 2.09. The molecule has 4 heteroatoms. The van der Waals surface area contributed by atoms with Crippen LogP contribution in [0, 0.1) is 18.2 Å². The van der Waals surface area contributed by atoms with Gasteiger partial charge in [0.25, 0.3) is 0 Å². The number of halogens is 3. The minimum atomic E-state index is -0.531. The molecule has 1 rings (SSSR count). The van der Waals surface area contributed by atoms with E-state index in [9.17, 15) is 4.39 Å². The van der Waals surface area contributed by atoms with Crippen molar-refractivity contribution in [2.75, 3.05) is 6.61 Å². The first kappa shape index (κ1) is 10.4. The smallest absolute Gasteiger partial charge is 0.148 e. The van der Waals surface area contributed by atoms with Gasteiger partial charge in [-0.25, -0.2) is 4.39 Å². The van der Waals surface area contributed by atoms with Gasteiger partial charge in [-0.3, -0.25) is 0 Å². The second kappa shape index (κ2) is 4.50. The van der Waals surface area contributed by atoms with Crippen LogP contribution in [-0.4, -0.2) is 6.61 Å². The largest absolute Gasteiger partial charge is 0.480 e. The first-order chi connectivity index (χ1) is 6.15. The predicted octanol–water partition coefficient (Wildman–Crippen LogP) is 3.25. The van der Waals surface area contributed by atoms with Gasteiger partial charge < -0.3 is 4.74 Å². The van der Waals surface area contributed by atoms with Crippen LogP contribution in [0.4, 0.5) is 4.39 Å². The van der Waals surface area contributed by atoms with E-state index >= 15 is 0 Å². The number of hydrogen-bond donors (Lipinski definition) is 0. The van der Waals surface area contributed by atoms with Crippen molar-refractivity contribution in [2.45, 2.75) is 0 Å². The molecule has 0 amide bonds. The summed E-state index contributed by atoms with van der Waals surface area (Å²) in [4.78, 5) is 0. The van der Waals surface area contributed by atoms with Gasteiger partial charge in [-0.2, -0.15) is 0 Å². The van der Waals surface area contributed by atoms with Crippen LogP contribution in [0.25, 0.3) is 0 Å². The Balaban J connectivity index is 2.96. The summed E-state index contributed by atoms with van der Waals surface area (Å²) in [6.07, 6.45) is 4.98. The van der Waals surface area contributed by atoms with Gasteiger partial charge in [0.1, 0.15) is 18.2 Å². The predicted molar refractivity (Wildman–Crippen MR) is 53.4 cm³/mol. The van der Waals surface area contributed by atoms with Crippen molar-refractivity contribution in [1.29, 1.82) is 0 Å². The van der Waals surface area contributed by atoms with Crippen LogP contribution < -0.4 is 4.74 Å². The molecule has 0 aliphatic heterocycles. The third-order valence-corrected chi connectivity index (χ3v) is 2.20. The van der Waals surface area contributed by atoms with Crippen LogP contribution in [0.2, 0.25) is 5.02 Å². The van der Waals surface area contributed by atoms with Crippen molar-refractivity contribution in [3.63, 3.8) is 0 Å². The lowest BCUT2D eigenvalue weighted by atomic mass is 10.3. The van der Waals surface area contributed by atoms with Crippen molar-refractivity contribution in [2.24, 2.45) is 0 Å². The Kier molecular flexibility index (Phi) is 3.58. The molecule has 0 saturated heterocycles. The van der Waals surface area contributed by atoms with Gasteiger partial charge in [-0.1, -0.05) is 17.5 Å². The molecule has 0 aliphatic carbocycles. The Bertz CT molecular complexity index is 359. The highest BCUT2D eigenvalue weighted by molar-refractivity contribution is 9.10. The van der Waals surface area contributed by atoms with Crippen molar-refractivity contribution < 1.29 is 9.13 Å². The Labute approximate surface area is 89.0 Å². The number of benzene rings is 1. The number of hydrogen-bond acceptors (Lipinski definition) is 1. The van der Waals surface area contributed by atoms with Gasteiger partial charge in [0.05, 0.1) is 9.50 Å². The summed E-state index contributed by atoms with van der Waals surface area (Å²) >= 11 is 8.69. The summed E-state index contributed by atoms with van der Waals surface area (Å²) < 4.78 is 18.5. The molecule has 68 valence electrons. The summed E-state index contributed by atoms with van der Waals surface area (Å²) in [5.41, 5.74) is 0. The van der Waals surface area contributed by atoms with Crippen molar-refractivity contribution in [3.05, 3.63) is 27.4 Å². The molecular formula is C9H5BrClFO. The topological polar surface area (TPSA) is 9.23 Å². The average molecular weight is 263 g/mol. The van der Waals surface area contributed by atoms with E-state index in [-0.39, 0.29) is 11.6 Å². The van der Waals surface area contributed by atoms with Gasteiger partial charge >= 0.3 is 0 Å². The van der Waals surface area contributed by atoms with Crippen molar-refractivity contribution in [1.82, 2.24) is 0 Å². The monoisotopic (exact) mass is 262 g/mol. The minimum absolute atomic E-state index is 0.0416. The van der Waals surface area contributed by atoms with E-state index in [2.05, 4.69) is 21.9 Å². The first-order valence-electron chi connectivity index (χ1n) is 3.36. The lowest BCUT2D eigenvalue weighted by molar-refractivity contribution is 0.365. The Morgan fingerprint density at radius 2 is 2.31 bits per heavy atom. The van der Waals surface area contributed by atoms with Crippen LogP contribution in [0.1, 0.15) is 0 Å². The van der Waals surface area contributed by atoms with Gasteiger partial charge in [-0.05, 0) is 22.0 Å². The number of rotatable bonds is 2. The molecule has 0 spiro atoms. The maximum atomic E-state index is 12.9. The van der Waals surface area contributed by atoms with Crippen molar-refractivity contribution in [3.8, 4) is 18.1 Å². The van der Waals surface area contributed by atoms with Gasteiger partial charge in [0.2, 0.25) is 0 Å². The molecule has 0 aromatic heterocycles. The fourth-order valence-corrected chi connectivity index (χ4v) is 1.49. The van der Waals surface area contributed by atoms with Crippen LogP contribution in [-0.2, 0) is 0 Å². The molecule has 0 radical (unpaired) electrons. The highest BCUT2D eigenvalue weighted by Gasteiger charge is 2.06. The molecule has 1 aromatic rings. The lowest BCUT2D eigenvalue weighted by Gasteiger charge is -2.05. The molecule has 0 unspecified atom stereocenters. The Morgan fingerprint density at radius 3 is 2.92 bits per heavy atom. The van der Waals surface area contributed by atoms with Crippen LogP contribution >= 0.6 is 27.5 Å². The molecule has 0 atom stereocenters. The molecular weight excluding hydrogens is 258 g/mol. The minimum Gasteiger partial charge on any atom is -0.480 e. The van der Waals surface area contributed by atoms with Crippen LogP contribution in [0.3, 0.4) is 0 Å². The van der Waals surface area contributed by atoms with E-state index in [1.165, 1.54) is 12.1 Å². The molecule has 13 heavy (non-hydrogen) atoms. The van der Waals surface area contributed by atoms with E-state index in [1.54, 1.807) is 0 Å². The van der Waals surface area contributed by atoms with E-state index in [4.69, 9.17) is 22.8 Å². The SMILES string of the molecule is C#CCOc1cc(F)c(Cl)cc1Br. The molecule has 0 bridgehead atoms. The lowest BCUT2D eigenvalue weighted by Crippen LogP contribution is -1.95. The molecule has 0 saturated carbocycles. The number of terminal acetylenes is 1.